The van der Waals surface area contributed by atoms with Gasteiger partial charge >= 0.3 is 6.03 Å². The first-order chi connectivity index (χ1) is 11.8. The quantitative estimate of drug-likeness (QED) is 0.417. The molecule has 7 heteroatoms. The standard InChI is InChI=1S/C18H27N5O.HI/c1-19-17(22-9-2-3-10-22)20-14-15-7-6-8-16(13-15)21-18(24)23-11-4-5-12-23;/h6-8,13H,2-5,9-12,14H2,1H3,(H,19,20)(H,21,24);1H. The molecule has 0 aliphatic carbocycles. The largest absolute Gasteiger partial charge is 0.352 e. The molecule has 0 unspecified atom stereocenters. The van der Waals surface area contributed by atoms with E-state index < -0.39 is 0 Å². The molecule has 0 bridgehead atoms. The number of guanidine groups is 1. The van der Waals surface area contributed by atoms with E-state index in [1.165, 1.54) is 12.8 Å². The minimum atomic E-state index is 0. The van der Waals surface area contributed by atoms with Gasteiger partial charge in [-0.05, 0) is 43.4 Å². The fourth-order valence-corrected chi connectivity index (χ4v) is 3.32. The van der Waals surface area contributed by atoms with Crippen molar-refractivity contribution in [2.24, 2.45) is 4.99 Å². The van der Waals surface area contributed by atoms with Crippen molar-refractivity contribution in [3.63, 3.8) is 0 Å². The molecule has 2 amide bonds. The zero-order valence-corrected chi connectivity index (χ0v) is 17.2. The Morgan fingerprint density at radius 3 is 2.36 bits per heavy atom. The summed E-state index contributed by atoms with van der Waals surface area (Å²) in [6.45, 7) is 4.58. The van der Waals surface area contributed by atoms with Crippen LogP contribution in [0.15, 0.2) is 29.3 Å². The van der Waals surface area contributed by atoms with E-state index >= 15 is 0 Å². The minimum Gasteiger partial charge on any atom is -0.352 e. The molecule has 138 valence electrons. The average Bonchev–Trinajstić information content (AvgIpc) is 3.30. The van der Waals surface area contributed by atoms with E-state index in [2.05, 4.69) is 26.6 Å². The van der Waals surface area contributed by atoms with Crippen LogP contribution in [0.3, 0.4) is 0 Å². The zero-order chi connectivity index (χ0) is 16.8. The van der Waals surface area contributed by atoms with E-state index in [9.17, 15) is 4.79 Å². The number of halogens is 1. The van der Waals surface area contributed by atoms with E-state index in [0.717, 1.165) is 56.2 Å². The number of rotatable bonds is 3. The second-order valence-electron chi connectivity index (χ2n) is 6.42. The van der Waals surface area contributed by atoms with Crippen molar-refractivity contribution in [3.8, 4) is 0 Å². The molecule has 2 aliphatic heterocycles. The number of hydrogen-bond donors (Lipinski definition) is 2. The fraction of sp³-hybridized carbons (Fsp3) is 0.556. The summed E-state index contributed by atoms with van der Waals surface area (Å²) in [7, 11) is 1.83. The molecule has 2 fully saturated rings. The predicted molar refractivity (Wildman–Crippen MR) is 113 cm³/mol. The summed E-state index contributed by atoms with van der Waals surface area (Å²) in [5.41, 5.74) is 1.98. The van der Waals surface area contributed by atoms with Crippen LogP contribution >= 0.6 is 24.0 Å². The third kappa shape index (κ3) is 5.49. The molecule has 0 spiro atoms. The number of urea groups is 1. The molecule has 3 rings (SSSR count). The number of likely N-dealkylation sites (tertiary alicyclic amines) is 2. The van der Waals surface area contributed by atoms with Gasteiger partial charge in [-0.2, -0.15) is 0 Å². The van der Waals surface area contributed by atoms with E-state index in [1.807, 2.05) is 30.1 Å². The van der Waals surface area contributed by atoms with Gasteiger partial charge in [0.25, 0.3) is 0 Å². The average molecular weight is 457 g/mol. The van der Waals surface area contributed by atoms with Crippen LogP contribution in [-0.4, -0.2) is 55.0 Å². The molecule has 0 aromatic heterocycles. The molecule has 2 N–H and O–H groups in total. The number of benzene rings is 1. The molecular weight excluding hydrogens is 429 g/mol. The van der Waals surface area contributed by atoms with Gasteiger partial charge in [-0.3, -0.25) is 4.99 Å². The third-order valence-electron chi connectivity index (χ3n) is 4.64. The Balaban J connectivity index is 0.00000225. The van der Waals surface area contributed by atoms with E-state index in [1.54, 1.807) is 0 Å². The Morgan fingerprint density at radius 1 is 1.08 bits per heavy atom. The Morgan fingerprint density at radius 2 is 1.72 bits per heavy atom. The van der Waals surface area contributed by atoms with Gasteiger partial charge in [0.2, 0.25) is 0 Å². The van der Waals surface area contributed by atoms with Crippen molar-refractivity contribution in [2.75, 3.05) is 38.5 Å². The normalized spacial score (nSPS) is 17.4. The van der Waals surface area contributed by atoms with Crippen molar-refractivity contribution in [1.29, 1.82) is 0 Å². The molecule has 2 saturated heterocycles. The topological polar surface area (TPSA) is 60.0 Å². The first-order valence-electron chi connectivity index (χ1n) is 8.87. The monoisotopic (exact) mass is 457 g/mol. The molecular formula is C18H28IN5O. The summed E-state index contributed by atoms with van der Waals surface area (Å²) < 4.78 is 0. The molecule has 0 atom stereocenters. The van der Waals surface area contributed by atoms with Gasteiger partial charge in [0, 0.05) is 45.5 Å². The van der Waals surface area contributed by atoms with Crippen LogP contribution in [0.4, 0.5) is 10.5 Å². The lowest BCUT2D eigenvalue weighted by Crippen LogP contribution is -2.39. The number of anilines is 1. The maximum absolute atomic E-state index is 12.2. The van der Waals surface area contributed by atoms with Gasteiger partial charge in [0.15, 0.2) is 5.96 Å². The number of amides is 2. The Bertz CT molecular complexity index is 595. The van der Waals surface area contributed by atoms with Crippen molar-refractivity contribution in [3.05, 3.63) is 29.8 Å². The zero-order valence-electron chi connectivity index (χ0n) is 14.8. The molecule has 2 aliphatic rings. The Labute approximate surface area is 167 Å². The molecule has 1 aromatic rings. The van der Waals surface area contributed by atoms with Gasteiger partial charge in [-0.1, -0.05) is 12.1 Å². The van der Waals surface area contributed by atoms with Crippen molar-refractivity contribution < 1.29 is 4.79 Å². The first kappa shape index (κ1) is 19.8. The Kier molecular flexibility index (Phi) is 7.80. The molecule has 2 heterocycles. The summed E-state index contributed by atoms with van der Waals surface area (Å²) in [6, 6.07) is 8.01. The molecule has 0 saturated carbocycles. The van der Waals surface area contributed by atoms with E-state index in [4.69, 9.17) is 0 Å². The summed E-state index contributed by atoms with van der Waals surface area (Å²) >= 11 is 0. The van der Waals surface area contributed by atoms with Crippen LogP contribution in [0.5, 0.6) is 0 Å². The maximum atomic E-state index is 12.2. The predicted octanol–water partition coefficient (Wildman–Crippen LogP) is 3.10. The van der Waals surface area contributed by atoms with Crippen molar-refractivity contribution in [2.45, 2.75) is 32.2 Å². The molecule has 0 radical (unpaired) electrons. The van der Waals surface area contributed by atoms with Crippen LogP contribution in [-0.2, 0) is 6.54 Å². The second-order valence-corrected chi connectivity index (χ2v) is 6.42. The third-order valence-corrected chi connectivity index (χ3v) is 4.64. The van der Waals surface area contributed by atoms with Crippen molar-refractivity contribution in [1.82, 2.24) is 15.1 Å². The minimum absolute atomic E-state index is 0. The number of nitrogens with zero attached hydrogens (tertiary/aromatic N) is 3. The highest BCUT2D eigenvalue weighted by atomic mass is 127. The Hall–Kier alpha value is -1.51. The number of nitrogens with one attached hydrogen (secondary N) is 2. The summed E-state index contributed by atoms with van der Waals surface area (Å²) in [5.74, 6) is 0.957. The fourth-order valence-electron chi connectivity index (χ4n) is 3.32. The van der Waals surface area contributed by atoms with Crippen LogP contribution in [0.1, 0.15) is 31.2 Å². The summed E-state index contributed by atoms with van der Waals surface area (Å²) in [5, 5.41) is 6.42. The first-order valence-corrected chi connectivity index (χ1v) is 8.87. The number of carbonyl (C=O) groups is 1. The van der Waals surface area contributed by atoms with Gasteiger partial charge in [0.1, 0.15) is 0 Å². The van der Waals surface area contributed by atoms with E-state index in [0.29, 0.717) is 6.54 Å². The second kappa shape index (κ2) is 9.84. The summed E-state index contributed by atoms with van der Waals surface area (Å²) in [6.07, 6.45) is 4.68. The highest BCUT2D eigenvalue weighted by Crippen LogP contribution is 2.14. The van der Waals surface area contributed by atoms with Gasteiger partial charge in [-0.15, -0.1) is 24.0 Å². The van der Waals surface area contributed by atoms with Gasteiger partial charge in [0.05, 0.1) is 0 Å². The highest BCUT2D eigenvalue weighted by molar-refractivity contribution is 14.0. The van der Waals surface area contributed by atoms with Gasteiger partial charge in [-0.25, -0.2) is 4.79 Å². The van der Waals surface area contributed by atoms with Crippen LogP contribution in [0.2, 0.25) is 0 Å². The SMILES string of the molecule is CN=C(NCc1cccc(NC(=O)N2CCCC2)c1)N1CCCC1.I. The maximum Gasteiger partial charge on any atom is 0.321 e. The van der Waals surface area contributed by atoms with E-state index in [-0.39, 0.29) is 30.0 Å². The van der Waals surface area contributed by atoms with Crippen LogP contribution in [0.25, 0.3) is 0 Å². The van der Waals surface area contributed by atoms with Crippen LogP contribution in [0, 0.1) is 0 Å². The highest BCUT2D eigenvalue weighted by Gasteiger charge is 2.18. The lowest BCUT2D eigenvalue weighted by molar-refractivity contribution is 0.222. The smallest absolute Gasteiger partial charge is 0.321 e. The molecule has 1 aromatic carbocycles. The lowest BCUT2D eigenvalue weighted by atomic mass is 10.2. The lowest BCUT2D eigenvalue weighted by Gasteiger charge is -2.21. The number of aliphatic imine (C=N–C) groups is 1. The number of hydrogen-bond acceptors (Lipinski definition) is 2. The summed E-state index contributed by atoms with van der Waals surface area (Å²) in [4.78, 5) is 20.7. The molecule has 6 nitrogen and oxygen atoms in total. The molecule has 25 heavy (non-hydrogen) atoms. The van der Waals surface area contributed by atoms with Gasteiger partial charge < -0.3 is 20.4 Å². The number of carbonyl (C=O) groups excluding carboxylic acids is 1. The van der Waals surface area contributed by atoms with Crippen LogP contribution < -0.4 is 10.6 Å². The van der Waals surface area contributed by atoms with Crippen molar-refractivity contribution >= 4 is 41.7 Å².